The van der Waals surface area contributed by atoms with Gasteiger partial charge in [0.1, 0.15) is 18.0 Å². The first-order chi connectivity index (χ1) is 12.7. The Kier molecular flexibility index (Phi) is 5.00. The van der Waals surface area contributed by atoms with E-state index in [9.17, 15) is 5.11 Å². The van der Waals surface area contributed by atoms with Gasteiger partial charge in [-0.05, 0) is 38.2 Å². The van der Waals surface area contributed by atoms with Gasteiger partial charge in [0.15, 0.2) is 0 Å². The lowest BCUT2D eigenvalue weighted by molar-refractivity contribution is 0.0117. The molecule has 4 rings (SSSR count). The number of rotatable bonds is 3. The van der Waals surface area contributed by atoms with Crippen molar-refractivity contribution in [1.82, 2.24) is 9.97 Å². The topological polar surface area (TPSA) is 52.5 Å². The van der Waals surface area contributed by atoms with E-state index >= 15 is 0 Å². The summed E-state index contributed by atoms with van der Waals surface area (Å²) in [7, 11) is 0. The highest BCUT2D eigenvalue weighted by molar-refractivity contribution is 6.31. The maximum absolute atomic E-state index is 11.1. The first kappa shape index (κ1) is 17.6. The molecule has 3 heterocycles. The Labute approximate surface area is 159 Å². The largest absolute Gasteiger partial charge is 0.385 e. The van der Waals surface area contributed by atoms with Crippen molar-refractivity contribution in [3.63, 3.8) is 0 Å². The Morgan fingerprint density at radius 2 is 1.50 bits per heavy atom. The molecule has 6 heteroatoms. The van der Waals surface area contributed by atoms with Crippen molar-refractivity contribution in [2.24, 2.45) is 0 Å². The predicted molar refractivity (Wildman–Crippen MR) is 105 cm³/mol. The molecule has 0 saturated carbocycles. The van der Waals surface area contributed by atoms with Crippen molar-refractivity contribution in [2.45, 2.75) is 37.7 Å². The third-order valence-corrected chi connectivity index (χ3v) is 5.94. The SMILES string of the molecule is OC1(c2ccccc2Cl)CCN(c2cc(N3CCCCC3)ncn2)CC1. The zero-order chi connectivity index (χ0) is 18.0. The second kappa shape index (κ2) is 7.41. The van der Waals surface area contributed by atoms with Crippen LogP contribution in [-0.2, 0) is 5.60 Å². The van der Waals surface area contributed by atoms with E-state index in [-0.39, 0.29) is 0 Å². The quantitative estimate of drug-likeness (QED) is 0.891. The van der Waals surface area contributed by atoms with Gasteiger partial charge in [-0.3, -0.25) is 0 Å². The first-order valence-electron chi connectivity index (χ1n) is 9.45. The van der Waals surface area contributed by atoms with Crippen LogP contribution >= 0.6 is 11.6 Å². The van der Waals surface area contributed by atoms with E-state index in [1.54, 1.807) is 6.33 Å². The van der Waals surface area contributed by atoms with Gasteiger partial charge in [-0.2, -0.15) is 0 Å². The van der Waals surface area contributed by atoms with Crippen LogP contribution in [0.5, 0.6) is 0 Å². The van der Waals surface area contributed by atoms with Gasteiger partial charge in [0.2, 0.25) is 0 Å². The molecular weight excluding hydrogens is 348 g/mol. The zero-order valence-corrected chi connectivity index (χ0v) is 15.7. The second-order valence-corrected chi connectivity index (χ2v) is 7.69. The zero-order valence-electron chi connectivity index (χ0n) is 14.9. The molecule has 0 spiro atoms. The summed E-state index contributed by atoms with van der Waals surface area (Å²) >= 11 is 6.31. The van der Waals surface area contributed by atoms with Crippen LogP contribution < -0.4 is 9.80 Å². The van der Waals surface area contributed by atoms with Crippen molar-refractivity contribution < 1.29 is 5.11 Å². The smallest absolute Gasteiger partial charge is 0.134 e. The van der Waals surface area contributed by atoms with Gasteiger partial charge in [-0.15, -0.1) is 0 Å². The highest BCUT2D eigenvalue weighted by Gasteiger charge is 2.35. The molecule has 2 aliphatic heterocycles. The van der Waals surface area contributed by atoms with Crippen molar-refractivity contribution in [3.8, 4) is 0 Å². The van der Waals surface area contributed by atoms with E-state index in [1.165, 1.54) is 19.3 Å². The predicted octanol–water partition coefficient (Wildman–Crippen LogP) is 3.61. The maximum Gasteiger partial charge on any atom is 0.134 e. The number of hydrogen-bond acceptors (Lipinski definition) is 5. The molecule has 5 nitrogen and oxygen atoms in total. The van der Waals surface area contributed by atoms with Crippen molar-refractivity contribution in [1.29, 1.82) is 0 Å². The molecule has 2 aromatic rings. The molecule has 0 atom stereocenters. The molecule has 1 aromatic carbocycles. The molecule has 26 heavy (non-hydrogen) atoms. The number of piperidine rings is 2. The van der Waals surface area contributed by atoms with Crippen LogP contribution in [0.15, 0.2) is 36.7 Å². The number of anilines is 2. The van der Waals surface area contributed by atoms with Crippen LogP contribution in [0.3, 0.4) is 0 Å². The average molecular weight is 373 g/mol. The molecule has 0 radical (unpaired) electrons. The Morgan fingerprint density at radius 3 is 2.15 bits per heavy atom. The van der Waals surface area contributed by atoms with E-state index in [4.69, 9.17) is 11.6 Å². The van der Waals surface area contributed by atoms with Crippen LogP contribution in [0.25, 0.3) is 0 Å². The molecule has 0 aliphatic carbocycles. The number of hydrogen-bond donors (Lipinski definition) is 1. The van der Waals surface area contributed by atoms with E-state index in [0.29, 0.717) is 17.9 Å². The molecular formula is C20H25ClN4O. The van der Waals surface area contributed by atoms with Gasteiger partial charge in [0.05, 0.1) is 5.60 Å². The Balaban J connectivity index is 1.47. The minimum atomic E-state index is -0.864. The number of aromatic nitrogens is 2. The van der Waals surface area contributed by atoms with Gasteiger partial charge in [0.25, 0.3) is 0 Å². The molecule has 2 fully saturated rings. The van der Waals surface area contributed by atoms with Crippen molar-refractivity contribution in [2.75, 3.05) is 36.0 Å². The lowest BCUT2D eigenvalue weighted by Crippen LogP contribution is -2.43. The lowest BCUT2D eigenvalue weighted by atomic mass is 9.84. The Hall–Kier alpha value is -1.85. The molecule has 0 amide bonds. The molecule has 0 unspecified atom stereocenters. The summed E-state index contributed by atoms with van der Waals surface area (Å²) in [6.07, 6.45) is 6.71. The fraction of sp³-hybridized carbons (Fsp3) is 0.500. The van der Waals surface area contributed by atoms with Gasteiger partial charge >= 0.3 is 0 Å². The third-order valence-electron chi connectivity index (χ3n) is 5.61. The number of nitrogens with zero attached hydrogens (tertiary/aromatic N) is 4. The fourth-order valence-corrected chi connectivity index (χ4v) is 4.33. The van der Waals surface area contributed by atoms with Crippen LogP contribution in [0.2, 0.25) is 5.02 Å². The van der Waals surface area contributed by atoms with Crippen molar-refractivity contribution >= 4 is 23.2 Å². The number of halogens is 1. The molecule has 1 N–H and O–H groups in total. The van der Waals surface area contributed by atoms with Crippen LogP contribution in [0, 0.1) is 0 Å². The van der Waals surface area contributed by atoms with E-state index in [0.717, 1.165) is 43.4 Å². The standard InChI is InChI=1S/C20H25ClN4O/c21-17-7-3-2-6-16(17)20(26)8-12-25(13-9-20)19-14-18(22-15-23-19)24-10-4-1-5-11-24/h2-3,6-7,14-15,26H,1,4-5,8-13H2. The normalized spacial score (nSPS) is 20.2. The van der Waals surface area contributed by atoms with Gasteiger partial charge in [-0.25, -0.2) is 9.97 Å². The van der Waals surface area contributed by atoms with Gasteiger partial charge in [-0.1, -0.05) is 29.8 Å². The fourth-order valence-electron chi connectivity index (χ4n) is 4.02. The highest BCUT2D eigenvalue weighted by atomic mass is 35.5. The summed E-state index contributed by atoms with van der Waals surface area (Å²) in [6.45, 7) is 3.64. The van der Waals surface area contributed by atoms with Crippen LogP contribution in [0.1, 0.15) is 37.7 Å². The summed E-state index contributed by atoms with van der Waals surface area (Å²) in [5.74, 6) is 1.96. The van der Waals surface area contributed by atoms with Gasteiger partial charge in [0, 0.05) is 42.8 Å². The van der Waals surface area contributed by atoms with E-state index in [1.807, 2.05) is 24.3 Å². The second-order valence-electron chi connectivity index (χ2n) is 7.28. The highest BCUT2D eigenvalue weighted by Crippen LogP contribution is 2.37. The molecule has 2 saturated heterocycles. The Morgan fingerprint density at radius 1 is 0.885 bits per heavy atom. The summed E-state index contributed by atoms with van der Waals surface area (Å²) < 4.78 is 0. The van der Waals surface area contributed by atoms with Gasteiger partial charge < -0.3 is 14.9 Å². The van der Waals surface area contributed by atoms with Crippen molar-refractivity contribution in [3.05, 3.63) is 47.2 Å². The third kappa shape index (κ3) is 3.51. The van der Waals surface area contributed by atoms with E-state index in [2.05, 4.69) is 25.8 Å². The van der Waals surface area contributed by atoms with Crippen LogP contribution in [0.4, 0.5) is 11.6 Å². The minimum absolute atomic E-state index is 0.637. The average Bonchev–Trinajstić information content (AvgIpc) is 2.70. The summed E-state index contributed by atoms with van der Waals surface area (Å²) in [5.41, 5.74) is -0.0320. The minimum Gasteiger partial charge on any atom is -0.385 e. The summed E-state index contributed by atoms with van der Waals surface area (Å²) in [5, 5.41) is 11.7. The lowest BCUT2D eigenvalue weighted by Gasteiger charge is -2.39. The summed E-state index contributed by atoms with van der Waals surface area (Å²) in [4.78, 5) is 13.5. The molecule has 2 aliphatic rings. The number of benzene rings is 1. The Bertz CT molecular complexity index is 755. The molecule has 0 bridgehead atoms. The molecule has 1 aromatic heterocycles. The first-order valence-corrected chi connectivity index (χ1v) is 9.83. The maximum atomic E-state index is 11.1. The monoisotopic (exact) mass is 372 g/mol. The van der Waals surface area contributed by atoms with Crippen LogP contribution in [-0.4, -0.2) is 41.3 Å². The summed E-state index contributed by atoms with van der Waals surface area (Å²) in [6, 6.07) is 9.69. The molecule has 138 valence electrons. The number of aliphatic hydroxyl groups is 1. The van der Waals surface area contributed by atoms with E-state index < -0.39 is 5.60 Å².